The molecule has 0 spiro atoms. The molecule has 2 aliphatic rings. The summed E-state index contributed by atoms with van der Waals surface area (Å²) in [4.78, 5) is 20.5. The number of nitrogens with zero attached hydrogens (tertiary/aromatic N) is 2. The van der Waals surface area contributed by atoms with Gasteiger partial charge in [0.2, 0.25) is 0 Å². The van der Waals surface area contributed by atoms with Gasteiger partial charge in [0.05, 0.1) is 10.7 Å². The average molecular weight is 321 g/mol. The van der Waals surface area contributed by atoms with Gasteiger partial charge in [-0.2, -0.15) is 0 Å². The van der Waals surface area contributed by atoms with E-state index in [0.29, 0.717) is 5.92 Å². The molecule has 122 valence electrons. The van der Waals surface area contributed by atoms with E-state index in [1.165, 1.54) is 0 Å². The average Bonchev–Trinajstić information content (AvgIpc) is 2.99. The van der Waals surface area contributed by atoms with Crippen molar-refractivity contribution in [1.82, 2.24) is 15.2 Å². The largest absolute Gasteiger partial charge is 0.338 e. The number of aryl methyl sites for hydroxylation is 1. The van der Waals surface area contributed by atoms with Gasteiger partial charge in [-0.3, -0.25) is 4.79 Å². The Labute approximate surface area is 137 Å². The maximum Gasteiger partial charge on any atom is 0.265 e. The molecule has 2 aliphatic heterocycles. The Morgan fingerprint density at radius 1 is 1.32 bits per heavy atom. The summed E-state index contributed by atoms with van der Waals surface area (Å²) >= 11 is 1.57. The lowest BCUT2D eigenvalue weighted by atomic mass is 9.92. The van der Waals surface area contributed by atoms with Crippen LogP contribution in [0.4, 0.5) is 0 Å². The quantitative estimate of drug-likeness (QED) is 0.931. The van der Waals surface area contributed by atoms with Gasteiger partial charge in [-0.25, -0.2) is 4.98 Å². The maximum atomic E-state index is 13.0. The predicted molar refractivity (Wildman–Crippen MR) is 90.4 cm³/mol. The number of hydrogen-bond donors (Lipinski definition) is 1. The molecule has 2 fully saturated rings. The van der Waals surface area contributed by atoms with Crippen LogP contribution in [0.3, 0.4) is 0 Å². The molecule has 0 aliphatic carbocycles. The van der Waals surface area contributed by atoms with Gasteiger partial charge in [0.25, 0.3) is 5.91 Å². The van der Waals surface area contributed by atoms with E-state index in [2.05, 4.69) is 29.0 Å². The number of aromatic nitrogens is 1. The number of nitrogens with one attached hydrogen (secondary N) is 1. The third kappa shape index (κ3) is 3.35. The fraction of sp³-hybridized carbons (Fsp3) is 0.765. The molecular weight excluding hydrogens is 294 g/mol. The van der Waals surface area contributed by atoms with Gasteiger partial charge in [-0.05, 0) is 57.0 Å². The minimum Gasteiger partial charge on any atom is -0.338 e. The zero-order chi connectivity index (χ0) is 15.7. The van der Waals surface area contributed by atoms with Crippen LogP contribution in [0.2, 0.25) is 0 Å². The van der Waals surface area contributed by atoms with Crippen LogP contribution in [0.1, 0.15) is 47.1 Å². The maximum absolute atomic E-state index is 13.0. The molecule has 5 heteroatoms. The fourth-order valence-electron chi connectivity index (χ4n) is 3.73. The lowest BCUT2D eigenvalue weighted by Crippen LogP contribution is -2.33. The lowest BCUT2D eigenvalue weighted by molar-refractivity contribution is 0.0762. The van der Waals surface area contributed by atoms with Crippen molar-refractivity contribution in [2.24, 2.45) is 17.8 Å². The first-order valence-corrected chi connectivity index (χ1v) is 9.32. The van der Waals surface area contributed by atoms with Crippen molar-refractivity contribution < 1.29 is 4.79 Å². The zero-order valence-corrected chi connectivity index (χ0v) is 14.7. The summed E-state index contributed by atoms with van der Waals surface area (Å²) in [6.07, 6.45) is 3.18. The van der Waals surface area contributed by atoms with E-state index in [1.54, 1.807) is 11.3 Å². The molecule has 2 atom stereocenters. The first-order chi connectivity index (χ1) is 10.5. The van der Waals surface area contributed by atoms with Crippen molar-refractivity contribution in [3.8, 4) is 0 Å². The van der Waals surface area contributed by atoms with Crippen molar-refractivity contribution in [2.75, 3.05) is 26.2 Å². The molecule has 3 rings (SSSR count). The van der Waals surface area contributed by atoms with Crippen molar-refractivity contribution in [3.63, 3.8) is 0 Å². The molecule has 1 aromatic rings. The van der Waals surface area contributed by atoms with Crippen molar-refractivity contribution in [3.05, 3.63) is 15.6 Å². The Hall–Kier alpha value is -0.940. The monoisotopic (exact) mass is 321 g/mol. The molecule has 22 heavy (non-hydrogen) atoms. The van der Waals surface area contributed by atoms with Crippen molar-refractivity contribution >= 4 is 17.2 Å². The highest BCUT2D eigenvalue weighted by Crippen LogP contribution is 2.29. The summed E-state index contributed by atoms with van der Waals surface area (Å²) in [5.41, 5.74) is 1.01. The first kappa shape index (κ1) is 15.9. The summed E-state index contributed by atoms with van der Waals surface area (Å²) in [6.45, 7) is 10.4. The second kappa shape index (κ2) is 6.67. The van der Waals surface area contributed by atoms with E-state index >= 15 is 0 Å². The minimum absolute atomic E-state index is 0.217. The highest BCUT2D eigenvalue weighted by atomic mass is 32.1. The van der Waals surface area contributed by atoms with Crippen LogP contribution in [0.15, 0.2) is 0 Å². The highest BCUT2D eigenvalue weighted by molar-refractivity contribution is 7.13. The topological polar surface area (TPSA) is 45.2 Å². The van der Waals surface area contributed by atoms with E-state index < -0.39 is 0 Å². The molecule has 0 aromatic carbocycles. The van der Waals surface area contributed by atoms with E-state index in [-0.39, 0.29) is 5.91 Å². The zero-order valence-electron chi connectivity index (χ0n) is 13.9. The molecule has 0 unspecified atom stereocenters. The molecule has 1 N–H and O–H groups in total. The number of hydrogen-bond acceptors (Lipinski definition) is 4. The molecule has 2 saturated heterocycles. The molecule has 3 heterocycles. The van der Waals surface area contributed by atoms with Gasteiger partial charge in [-0.15, -0.1) is 11.3 Å². The number of rotatable bonds is 3. The van der Waals surface area contributed by atoms with Gasteiger partial charge in [0.1, 0.15) is 4.88 Å². The summed E-state index contributed by atoms with van der Waals surface area (Å²) in [7, 11) is 0. The summed E-state index contributed by atoms with van der Waals surface area (Å²) in [6, 6.07) is 0. The highest BCUT2D eigenvalue weighted by Gasteiger charge is 2.32. The molecule has 4 nitrogen and oxygen atoms in total. The van der Waals surface area contributed by atoms with E-state index in [0.717, 1.165) is 72.9 Å². The standard InChI is InChI=1S/C17H27N3OS/c1-11(2)8-15-16(22-12(3)19-15)17(21)20-6-4-13-9-18-10-14(13)5-7-20/h11,13-14,18H,4-10H2,1-3H3/t13-,14+. The molecule has 0 radical (unpaired) electrons. The Morgan fingerprint density at radius 2 is 1.95 bits per heavy atom. The third-order valence-corrected chi connectivity index (χ3v) is 5.91. The number of carbonyl (C=O) groups excluding carboxylic acids is 1. The second-order valence-corrected chi connectivity index (χ2v) is 8.36. The van der Waals surface area contributed by atoms with Crippen LogP contribution in [0, 0.1) is 24.7 Å². The lowest BCUT2D eigenvalue weighted by Gasteiger charge is -2.20. The Morgan fingerprint density at radius 3 is 2.55 bits per heavy atom. The minimum atomic E-state index is 0.217. The van der Waals surface area contributed by atoms with E-state index in [4.69, 9.17) is 0 Å². The van der Waals surface area contributed by atoms with Gasteiger partial charge < -0.3 is 10.2 Å². The molecular formula is C17H27N3OS. The Balaban J connectivity index is 1.73. The molecule has 1 amide bonds. The third-order valence-electron chi connectivity index (χ3n) is 4.91. The number of likely N-dealkylation sites (tertiary alicyclic amines) is 1. The summed E-state index contributed by atoms with van der Waals surface area (Å²) in [5.74, 6) is 2.27. The van der Waals surface area contributed by atoms with Crippen LogP contribution in [0.25, 0.3) is 0 Å². The fourth-order valence-corrected chi connectivity index (χ4v) is 4.64. The van der Waals surface area contributed by atoms with Crippen molar-refractivity contribution in [1.29, 1.82) is 0 Å². The van der Waals surface area contributed by atoms with Gasteiger partial charge in [0, 0.05) is 13.1 Å². The summed E-state index contributed by atoms with van der Waals surface area (Å²) in [5, 5.41) is 4.50. The number of fused-ring (bicyclic) bond motifs is 1. The number of amides is 1. The SMILES string of the molecule is Cc1nc(CC(C)C)c(C(=O)N2CC[C@@H]3CNC[C@@H]3CC2)s1. The van der Waals surface area contributed by atoms with E-state index in [1.807, 2.05) is 6.92 Å². The van der Waals surface area contributed by atoms with Crippen molar-refractivity contribution in [2.45, 2.75) is 40.0 Å². The predicted octanol–water partition coefficient (Wildman–Crippen LogP) is 2.72. The van der Waals surface area contributed by atoms with Gasteiger partial charge in [0.15, 0.2) is 0 Å². The number of thiazole rings is 1. The van der Waals surface area contributed by atoms with Crippen LogP contribution in [0.5, 0.6) is 0 Å². The van der Waals surface area contributed by atoms with Crippen LogP contribution in [-0.2, 0) is 6.42 Å². The summed E-state index contributed by atoms with van der Waals surface area (Å²) < 4.78 is 0. The number of carbonyl (C=O) groups is 1. The van der Waals surface area contributed by atoms with Crippen LogP contribution in [-0.4, -0.2) is 42.0 Å². The first-order valence-electron chi connectivity index (χ1n) is 8.51. The molecule has 0 saturated carbocycles. The van der Waals surface area contributed by atoms with Gasteiger partial charge >= 0.3 is 0 Å². The normalized spacial score (nSPS) is 25.4. The second-order valence-electron chi connectivity index (χ2n) is 7.15. The molecule has 1 aromatic heterocycles. The smallest absolute Gasteiger partial charge is 0.265 e. The van der Waals surface area contributed by atoms with E-state index in [9.17, 15) is 4.79 Å². The van der Waals surface area contributed by atoms with Crippen LogP contribution >= 0.6 is 11.3 Å². The Bertz CT molecular complexity index is 526. The molecule has 0 bridgehead atoms. The Kier molecular flexibility index (Phi) is 4.83. The van der Waals surface area contributed by atoms with Gasteiger partial charge in [-0.1, -0.05) is 13.8 Å². The van der Waals surface area contributed by atoms with Crippen LogP contribution < -0.4 is 5.32 Å².